The number of fused-ring (bicyclic) bond motifs is 2. The number of aryl methyl sites for hydroxylation is 2. The van der Waals surface area contributed by atoms with Crippen LogP contribution in [0.1, 0.15) is 21.5 Å². The number of aliphatic carboxylic acids is 1. The Morgan fingerprint density at radius 3 is 2.48 bits per heavy atom. The van der Waals surface area contributed by atoms with E-state index in [1.165, 1.54) is 28.8 Å². The number of hydrogen-bond acceptors (Lipinski definition) is 4. The van der Waals surface area contributed by atoms with E-state index in [9.17, 15) is 23.9 Å². The highest BCUT2D eigenvalue weighted by Gasteiger charge is 2.26. The Morgan fingerprint density at radius 1 is 1.05 bits per heavy atom. The van der Waals surface area contributed by atoms with Gasteiger partial charge >= 0.3 is 5.97 Å². The van der Waals surface area contributed by atoms with Gasteiger partial charge in [-0.05, 0) is 60.0 Å². The van der Waals surface area contributed by atoms with Crippen molar-refractivity contribution in [3.63, 3.8) is 0 Å². The maximum Gasteiger partial charge on any atom is 0.326 e. The summed E-state index contributed by atoms with van der Waals surface area (Å²) in [6.07, 6.45) is 1.48. The second kappa shape index (κ2) is 10.7. The Hall–Kier alpha value is -4.27. The number of amides is 1. The molecule has 0 fully saturated rings. The van der Waals surface area contributed by atoms with E-state index in [4.69, 9.17) is 23.2 Å². The number of carbonyl (C=O) groups excluding carboxylic acids is 1. The molecule has 2 N–H and O–H groups in total. The highest BCUT2D eigenvalue weighted by Crippen LogP contribution is 2.33. The molecule has 1 amide bonds. The molecule has 0 spiro atoms. The Labute approximate surface area is 237 Å². The zero-order chi connectivity index (χ0) is 28.7. The number of hydrogen-bond donors (Lipinski definition) is 2. The molecular formula is C30H22Cl2FN3O4. The van der Waals surface area contributed by atoms with E-state index < -0.39 is 23.7 Å². The smallest absolute Gasteiger partial charge is 0.326 e. The molecule has 7 nitrogen and oxygen atoms in total. The standard InChI is InChI=1S/C30H22Cl2FN3O4/c1-15-18-11-9-17(33)14-24(18)36(2)29(38)25(15)19-10-8-16(27-20(19)5-4-12-34-27)13-23(30(39)40)35-28(37)26-21(31)6-3-7-22(26)32/h3-12,14,23H,13H2,1-2H3,(H,35,37)(H,39,40)/t23-/m0/s1. The van der Waals surface area contributed by atoms with Crippen LogP contribution in [0, 0.1) is 12.7 Å². The van der Waals surface area contributed by atoms with Crippen LogP contribution in [0.3, 0.4) is 0 Å². The van der Waals surface area contributed by atoms with E-state index in [1.54, 1.807) is 49.6 Å². The Morgan fingerprint density at radius 2 is 1.77 bits per heavy atom. The number of carboxylic acid groups (broad SMARTS) is 1. The second-order valence-corrected chi connectivity index (χ2v) is 10.2. The molecule has 40 heavy (non-hydrogen) atoms. The van der Waals surface area contributed by atoms with E-state index in [1.807, 2.05) is 6.92 Å². The molecule has 0 bridgehead atoms. The van der Waals surface area contributed by atoms with Gasteiger partial charge in [0, 0.05) is 30.4 Å². The summed E-state index contributed by atoms with van der Waals surface area (Å²) in [6.45, 7) is 1.81. The van der Waals surface area contributed by atoms with Crippen molar-refractivity contribution in [2.45, 2.75) is 19.4 Å². The summed E-state index contributed by atoms with van der Waals surface area (Å²) in [7, 11) is 1.59. The van der Waals surface area contributed by atoms with Gasteiger partial charge in [-0.3, -0.25) is 14.6 Å². The molecule has 2 aromatic heterocycles. The number of halogens is 3. The average molecular weight is 578 g/mol. The van der Waals surface area contributed by atoms with Crippen LogP contribution in [0.4, 0.5) is 4.39 Å². The number of pyridine rings is 2. The summed E-state index contributed by atoms with van der Waals surface area (Å²) in [5, 5.41) is 14.0. The van der Waals surface area contributed by atoms with E-state index in [-0.39, 0.29) is 27.6 Å². The third kappa shape index (κ3) is 4.80. The molecule has 202 valence electrons. The fourth-order valence-corrected chi connectivity index (χ4v) is 5.54. The third-order valence-corrected chi connectivity index (χ3v) is 7.59. The van der Waals surface area contributed by atoms with E-state index in [0.717, 1.165) is 5.39 Å². The molecule has 10 heteroatoms. The largest absolute Gasteiger partial charge is 0.480 e. The van der Waals surface area contributed by atoms with Crippen molar-refractivity contribution in [1.29, 1.82) is 0 Å². The molecule has 0 saturated carbocycles. The summed E-state index contributed by atoms with van der Waals surface area (Å²) in [6, 6.07) is 14.5. The van der Waals surface area contributed by atoms with Crippen LogP contribution in [0.5, 0.6) is 0 Å². The summed E-state index contributed by atoms with van der Waals surface area (Å²) in [4.78, 5) is 43.1. The van der Waals surface area contributed by atoms with Crippen LogP contribution in [0.2, 0.25) is 10.0 Å². The zero-order valence-electron chi connectivity index (χ0n) is 21.3. The normalized spacial score (nSPS) is 12.0. The number of nitrogens with zero attached hydrogens (tertiary/aromatic N) is 2. The van der Waals surface area contributed by atoms with Gasteiger partial charge in [-0.25, -0.2) is 9.18 Å². The van der Waals surface area contributed by atoms with Crippen LogP contribution in [0.25, 0.3) is 32.9 Å². The molecular weight excluding hydrogens is 556 g/mol. The van der Waals surface area contributed by atoms with E-state index >= 15 is 0 Å². The van der Waals surface area contributed by atoms with Crippen molar-refractivity contribution >= 4 is 56.9 Å². The number of carbonyl (C=O) groups is 2. The number of carboxylic acids is 1. The van der Waals surface area contributed by atoms with Crippen LogP contribution in [-0.2, 0) is 18.3 Å². The lowest BCUT2D eigenvalue weighted by atomic mass is 9.92. The van der Waals surface area contributed by atoms with Gasteiger partial charge in [0.05, 0.1) is 32.2 Å². The average Bonchev–Trinajstić information content (AvgIpc) is 2.92. The Bertz CT molecular complexity index is 1880. The summed E-state index contributed by atoms with van der Waals surface area (Å²) in [5.41, 5.74) is 2.91. The van der Waals surface area contributed by atoms with Crippen molar-refractivity contribution < 1.29 is 19.1 Å². The molecule has 0 aliphatic heterocycles. The van der Waals surface area contributed by atoms with Crippen molar-refractivity contribution in [2.75, 3.05) is 0 Å². The SMILES string of the molecule is Cc1c(-c2ccc(C[C@H](NC(=O)c3c(Cl)cccc3Cl)C(=O)O)c3ncccc23)c(=O)n(C)c2cc(F)ccc12. The highest BCUT2D eigenvalue weighted by atomic mass is 35.5. The van der Waals surface area contributed by atoms with Crippen molar-refractivity contribution in [2.24, 2.45) is 7.05 Å². The van der Waals surface area contributed by atoms with Gasteiger partial charge in [0.1, 0.15) is 11.9 Å². The first kappa shape index (κ1) is 27.3. The lowest BCUT2D eigenvalue weighted by Gasteiger charge is -2.18. The molecule has 0 unspecified atom stereocenters. The van der Waals surface area contributed by atoms with Crippen molar-refractivity contribution in [1.82, 2.24) is 14.9 Å². The summed E-state index contributed by atoms with van der Waals surface area (Å²) in [5.74, 6) is -2.41. The molecule has 2 heterocycles. The molecule has 1 atom stereocenters. The van der Waals surface area contributed by atoms with E-state index in [0.29, 0.717) is 38.7 Å². The maximum atomic E-state index is 13.9. The summed E-state index contributed by atoms with van der Waals surface area (Å²) >= 11 is 12.3. The van der Waals surface area contributed by atoms with Crippen molar-refractivity contribution in [3.8, 4) is 11.1 Å². The number of benzene rings is 3. The minimum Gasteiger partial charge on any atom is -0.480 e. The molecule has 0 aliphatic rings. The predicted octanol–water partition coefficient (Wildman–Crippen LogP) is 5.93. The van der Waals surface area contributed by atoms with Gasteiger partial charge < -0.3 is 15.0 Å². The first-order valence-electron chi connectivity index (χ1n) is 12.2. The topological polar surface area (TPSA) is 101 Å². The van der Waals surface area contributed by atoms with Crippen LogP contribution in [0.15, 0.2) is 71.7 Å². The first-order valence-corrected chi connectivity index (χ1v) is 13.0. The molecule has 0 radical (unpaired) electrons. The number of aromatic nitrogens is 2. The summed E-state index contributed by atoms with van der Waals surface area (Å²) < 4.78 is 15.3. The van der Waals surface area contributed by atoms with Crippen LogP contribution in [-0.4, -0.2) is 32.6 Å². The Kier molecular flexibility index (Phi) is 7.31. The first-order chi connectivity index (χ1) is 19.1. The van der Waals surface area contributed by atoms with E-state index in [2.05, 4.69) is 10.3 Å². The molecule has 3 aromatic carbocycles. The lowest BCUT2D eigenvalue weighted by molar-refractivity contribution is -0.139. The molecule has 5 rings (SSSR count). The van der Waals surface area contributed by atoms with Crippen LogP contribution < -0.4 is 10.9 Å². The van der Waals surface area contributed by atoms with Crippen LogP contribution >= 0.6 is 23.2 Å². The maximum absolute atomic E-state index is 13.9. The monoisotopic (exact) mass is 577 g/mol. The molecule has 0 aliphatic carbocycles. The molecule has 0 saturated heterocycles. The van der Waals surface area contributed by atoms with Crippen molar-refractivity contribution in [3.05, 3.63) is 110 Å². The zero-order valence-corrected chi connectivity index (χ0v) is 22.8. The van der Waals surface area contributed by atoms with Gasteiger partial charge in [0.25, 0.3) is 11.5 Å². The fourth-order valence-electron chi connectivity index (χ4n) is 4.97. The van der Waals surface area contributed by atoms with Gasteiger partial charge in [-0.1, -0.05) is 47.5 Å². The predicted molar refractivity (Wildman–Crippen MR) is 154 cm³/mol. The minimum atomic E-state index is -1.32. The van der Waals surface area contributed by atoms with Gasteiger partial charge in [0.15, 0.2) is 0 Å². The number of nitrogens with one attached hydrogen (secondary N) is 1. The van der Waals surface area contributed by atoms with Gasteiger partial charge in [-0.15, -0.1) is 0 Å². The van der Waals surface area contributed by atoms with Gasteiger partial charge in [0.2, 0.25) is 0 Å². The second-order valence-electron chi connectivity index (χ2n) is 9.36. The highest BCUT2D eigenvalue weighted by molar-refractivity contribution is 6.39. The third-order valence-electron chi connectivity index (χ3n) is 6.96. The fraction of sp³-hybridized carbons (Fsp3) is 0.133. The quantitative estimate of drug-likeness (QED) is 0.260. The Balaban J connectivity index is 1.59. The van der Waals surface area contributed by atoms with Gasteiger partial charge in [-0.2, -0.15) is 0 Å². The minimum absolute atomic E-state index is 0.0158. The lowest BCUT2D eigenvalue weighted by Crippen LogP contribution is -2.42. The molecule has 5 aromatic rings. The number of rotatable bonds is 6.